The van der Waals surface area contributed by atoms with Gasteiger partial charge < -0.3 is 9.84 Å². The number of hydrogen-bond donors (Lipinski definition) is 1. The van der Waals surface area contributed by atoms with E-state index < -0.39 is 6.10 Å². The number of rotatable bonds is 3. The molecule has 2 rings (SSSR count). The Bertz CT molecular complexity index is 386. The summed E-state index contributed by atoms with van der Waals surface area (Å²) in [6.07, 6.45) is 0.591. The molecule has 1 aromatic rings. The molecule has 1 aromatic carbocycles. The normalized spacial score (nSPS) is 23.6. The maximum absolute atomic E-state index is 10.3. The summed E-state index contributed by atoms with van der Waals surface area (Å²) in [5.74, 6) is 0. The van der Waals surface area contributed by atoms with Gasteiger partial charge in [0, 0.05) is 30.2 Å². The molecule has 0 bridgehead atoms. The summed E-state index contributed by atoms with van der Waals surface area (Å²) >= 11 is 3.44. The predicted molar refractivity (Wildman–Crippen MR) is 75.6 cm³/mol. The van der Waals surface area contributed by atoms with Crippen LogP contribution in [0.2, 0.25) is 0 Å². The molecule has 100 valence electrons. The third kappa shape index (κ3) is 3.79. The van der Waals surface area contributed by atoms with Gasteiger partial charge in [-0.05, 0) is 31.0 Å². The molecule has 0 amide bonds. The minimum Gasteiger partial charge on any atom is -0.387 e. The number of aliphatic hydroxyl groups is 1. The Morgan fingerprint density at radius 1 is 1.50 bits per heavy atom. The van der Waals surface area contributed by atoms with E-state index in [0.29, 0.717) is 12.6 Å². The molecule has 0 aromatic heterocycles. The lowest BCUT2D eigenvalue weighted by molar-refractivity contribution is 0.0883. The average molecular weight is 314 g/mol. The topological polar surface area (TPSA) is 32.7 Å². The second-order valence-electron chi connectivity index (χ2n) is 4.82. The Morgan fingerprint density at radius 2 is 2.33 bits per heavy atom. The molecule has 0 saturated carbocycles. The van der Waals surface area contributed by atoms with Gasteiger partial charge in [0.1, 0.15) is 0 Å². The monoisotopic (exact) mass is 313 g/mol. The molecule has 2 unspecified atom stereocenters. The quantitative estimate of drug-likeness (QED) is 0.931. The minimum absolute atomic E-state index is 0.442. The van der Waals surface area contributed by atoms with Gasteiger partial charge in [0.15, 0.2) is 0 Å². The number of nitrogens with zero attached hydrogens (tertiary/aromatic N) is 1. The first-order chi connectivity index (χ1) is 8.66. The smallest absolute Gasteiger partial charge is 0.0917 e. The van der Waals surface area contributed by atoms with Crippen LogP contribution >= 0.6 is 15.9 Å². The molecule has 2 atom stereocenters. The first-order valence-corrected chi connectivity index (χ1v) is 7.21. The van der Waals surface area contributed by atoms with Gasteiger partial charge in [-0.25, -0.2) is 0 Å². The number of hydrogen-bond acceptors (Lipinski definition) is 3. The van der Waals surface area contributed by atoms with Gasteiger partial charge in [-0.1, -0.05) is 28.1 Å². The molecule has 0 aliphatic carbocycles. The molecule has 0 spiro atoms. The van der Waals surface area contributed by atoms with E-state index in [-0.39, 0.29) is 0 Å². The van der Waals surface area contributed by atoms with Crippen LogP contribution in [0.4, 0.5) is 0 Å². The van der Waals surface area contributed by atoms with Crippen molar-refractivity contribution in [3.05, 3.63) is 34.3 Å². The molecular formula is C14H20BrNO2. The average Bonchev–Trinajstić information content (AvgIpc) is 2.55. The molecule has 3 nitrogen and oxygen atoms in total. The number of benzene rings is 1. The fraction of sp³-hybridized carbons (Fsp3) is 0.571. The molecule has 1 aliphatic rings. The van der Waals surface area contributed by atoms with E-state index in [2.05, 4.69) is 27.8 Å². The summed E-state index contributed by atoms with van der Waals surface area (Å²) in [7, 11) is 0. The molecule has 4 heteroatoms. The van der Waals surface area contributed by atoms with E-state index in [0.717, 1.165) is 36.2 Å². The second-order valence-corrected chi connectivity index (χ2v) is 5.73. The molecule has 1 N–H and O–H groups in total. The number of aliphatic hydroxyl groups excluding tert-OH is 1. The Morgan fingerprint density at radius 3 is 3.11 bits per heavy atom. The highest BCUT2D eigenvalue weighted by Gasteiger charge is 2.20. The molecule has 18 heavy (non-hydrogen) atoms. The minimum atomic E-state index is -0.442. The zero-order chi connectivity index (χ0) is 13.0. The summed E-state index contributed by atoms with van der Waals surface area (Å²) in [5.41, 5.74) is 0.960. The van der Waals surface area contributed by atoms with Gasteiger partial charge in [0.25, 0.3) is 0 Å². The van der Waals surface area contributed by atoms with Crippen LogP contribution in [0.1, 0.15) is 25.0 Å². The molecule has 1 aliphatic heterocycles. The maximum atomic E-state index is 10.3. The summed E-state index contributed by atoms with van der Waals surface area (Å²) in [4.78, 5) is 2.30. The Hall–Kier alpha value is -0.420. The summed E-state index contributed by atoms with van der Waals surface area (Å²) in [5, 5.41) is 10.3. The Kier molecular flexibility index (Phi) is 5.18. The summed E-state index contributed by atoms with van der Waals surface area (Å²) in [6, 6.07) is 8.34. The van der Waals surface area contributed by atoms with E-state index in [9.17, 15) is 5.11 Å². The lowest BCUT2D eigenvalue weighted by Gasteiger charge is -2.28. The van der Waals surface area contributed by atoms with Crippen molar-refractivity contribution in [1.82, 2.24) is 4.90 Å². The van der Waals surface area contributed by atoms with Crippen LogP contribution in [-0.4, -0.2) is 42.4 Å². The van der Waals surface area contributed by atoms with Crippen LogP contribution < -0.4 is 0 Å². The largest absolute Gasteiger partial charge is 0.387 e. The Labute approximate surface area is 117 Å². The third-order valence-electron chi connectivity index (χ3n) is 3.47. The first kappa shape index (κ1) is 14.0. The Balaban J connectivity index is 1.99. The third-order valence-corrected chi connectivity index (χ3v) is 3.96. The highest BCUT2D eigenvalue weighted by atomic mass is 79.9. The van der Waals surface area contributed by atoms with Crippen LogP contribution in [0.25, 0.3) is 0 Å². The number of β-amino-alcohol motifs (C(OH)–C–C–N with tert-alkyl or cyclic N) is 1. The van der Waals surface area contributed by atoms with Gasteiger partial charge >= 0.3 is 0 Å². The van der Waals surface area contributed by atoms with Crippen LogP contribution in [0.15, 0.2) is 28.7 Å². The highest BCUT2D eigenvalue weighted by molar-refractivity contribution is 9.10. The van der Waals surface area contributed by atoms with Crippen molar-refractivity contribution in [2.24, 2.45) is 0 Å². The van der Waals surface area contributed by atoms with E-state index >= 15 is 0 Å². The predicted octanol–water partition coefficient (Wildman–Crippen LogP) is 2.59. The van der Waals surface area contributed by atoms with Crippen molar-refractivity contribution in [3.8, 4) is 0 Å². The standard InChI is InChI=1S/C14H20BrNO2/c1-11-5-7-18-8-6-16(11)10-14(17)12-3-2-4-13(15)9-12/h2-4,9,11,14,17H,5-8,10H2,1H3. The van der Waals surface area contributed by atoms with Gasteiger partial charge in [0.05, 0.1) is 12.7 Å². The fourth-order valence-electron chi connectivity index (χ4n) is 2.25. The first-order valence-electron chi connectivity index (χ1n) is 6.42. The van der Waals surface area contributed by atoms with Crippen molar-refractivity contribution < 1.29 is 9.84 Å². The van der Waals surface area contributed by atoms with E-state index in [1.165, 1.54) is 0 Å². The zero-order valence-electron chi connectivity index (χ0n) is 10.7. The number of ether oxygens (including phenoxy) is 1. The summed E-state index contributed by atoms with van der Waals surface area (Å²) in [6.45, 7) is 5.34. The molecule has 1 saturated heterocycles. The van der Waals surface area contributed by atoms with Crippen LogP contribution in [0.3, 0.4) is 0 Å². The maximum Gasteiger partial charge on any atom is 0.0917 e. The number of halogens is 1. The zero-order valence-corrected chi connectivity index (χ0v) is 12.3. The lowest BCUT2D eigenvalue weighted by Crippen LogP contribution is -2.37. The fourth-order valence-corrected chi connectivity index (χ4v) is 2.67. The SMILES string of the molecule is CC1CCOCCN1CC(O)c1cccc(Br)c1. The van der Waals surface area contributed by atoms with Crippen molar-refractivity contribution in [2.75, 3.05) is 26.3 Å². The molecule has 1 heterocycles. The molecule has 0 radical (unpaired) electrons. The van der Waals surface area contributed by atoms with Gasteiger partial charge in [-0.3, -0.25) is 4.90 Å². The van der Waals surface area contributed by atoms with Crippen molar-refractivity contribution >= 4 is 15.9 Å². The van der Waals surface area contributed by atoms with Gasteiger partial charge in [-0.15, -0.1) is 0 Å². The highest BCUT2D eigenvalue weighted by Crippen LogP contribution is 2.20. The van der Waals surface area contributed by atoms with Crippen LogP contribution in [-0.2, 0) is 4.74 Å². The van der Waals surface area contributed by atoms with Crippen LogP contribution in [0, 0.1) is 0 Å². The second kappa shape index (κ2) is 6.66. The lowest BCUT2D eigenvalue weighted by atomic mass is 10.1. The van der Waals surface area contributed by atoms with E-state index in [1.807, 2.05) is 24.3 Å². The molecular weight excluding hydrogens is 294 g/mol. The van der Waals surface area contributed by atoms with E-state index in [1.54, 1.807) is 0 Å². The van der Waals surface area contributed by atoms with Crippen LogP contribution in [0.5, 0.6) is 0 Å². The van der Waals surface area contributed by atoms with Crippen molar-refractivity contribution in [3.63, 3.8) is 0 Å². The van der Waals surface area contributed by atoms with E-state index in [4.69, 9.17) is 4.74 Å². The summed E-state index contributed by atoms with van der Waals surface area (Å²) < 4.78 is 6.48. The van der Waals surface area contributed by atoms with Gasteiger partial charge in [0.2, 0.25) is 0 Å². The van der Waals surface area contributed by atoms with Gasteiger partial charge in [-0.2, -0.15) is 0 Å². The molecule has 1 fully saturated rings. The van der Waals surface area contributed by atoms with Crippen molar-refractivity contribution in [2.45, 2.75) is 25.5 Å². The van der Waals surface area contributed by atoms with Crippen molar-refractivity contribution in [1.29, 1.82) is 0 Å².